The molecule has 2 nitrogen and oxygen atoms in total. The van der Waals surface area contributed by atoms with E-state index in [0.717, 1.165) is 16.5 Å². The lowest BCUT2D eigenvalue weighted by Gasteiger charge is -2.09. The van der Waals surface area contributed by atoms with Gasteiger partial charge in [0.25, 0.3) is 0 Å². The molecule has 1 aromatic heterocycles. The minimum atomic E-state index is -0.653. The van der Waals surface area contributed by atoms with Crippen molar-refractivity contribution in [1.82, 2.24) is 4.57 Å². The highest BCUT2D eigenvalue weighted by Crippen LogP contribution is 2.19. The molecule has 1 heterocycles. The summed E-state index contributed by atoms with van der Waals surface area (Å²) < 4.78 is 1.86. The van der Waals surface area contributed by atoms with Gasteiger partial charge in [-0.3, -0.25) is 0 Å². The van der Waals surface area contributed by atoms with Crippen LogP contribution < -0.4 is 0 Å². The molecule has 2 heteroatoms. The smallest absolute Gasteiger partial charge is 0.150 e. The van der Waals surface area contributed by atoms with E-state index >= 15 is 0 Å². The molecule has 2 aromatic carbocycles. The van der Waals surface area contributed by atoms with Gasteiger partial charge in [0.2, 0.25) is 0 Å². The van der Waals surface area contributed by atoms with Gasteiger partial charge in [-0.1, -0.05) is 54.6 Å². The second-order valence-corrected chi connectivity index (χ2v) is 4.47. The molecule has 1 atom stereocenters. The first-order valence-corrected chi connectivity index (χ1v) is 6.31. The molecule has 0 aliphatic rings. The van der Waals surface area contributed by atoms with Crippen LogP contribution in [0.3, 0.4) is 0 Å². The zero-order valence-electron chi connectivity index (χ0n) is 10.5. The van der Waals surface area contributed by atoms with Crippen molar-refractivity contribution in [1.29, 1.82) is 0 Å². The summed E-state index contributed by atoms with van der Waals surface area (Å²) in [7, 11) is 0. The summed E-state index contributed by atoms with van der Waals surface area (Å²) in [5, 5.41) is 11.4. The fraction of sp³-hybridized carbons (Fsp3) is 0.0588. The van der Waals surface area contributed by atoms with Crippen molar-refractivity contribution in [3.8, 4) is 0 Å². The molecule has 1 N–H and O–H groups in total. The fourth-order valence-electron chi connectivity index (χ4n) is 2.19. The molecule has 19 heavy (non-hydrogen) atoms. The average molecular weight is 249 g/mol. The van der Waals surface area contributed by atoms with Crippen molar-refractivity contribution in [3.63, 3.8) is 0 Å². The summed E-state index contributed by atoms with van der Waals surface area (Å²) >= 11 is 0. The monoisotopic (exact) mass is 249 g/mol. The Labute approximate surface area is 112 Å². The zero-order chi connectivity index (χ0) is 13.1. The molecule has 0 spiro atoms. The molecule has 0 fully saturated rings. The third-order valence-corrected chi connectivity index (χ3v) is 3.18. The van der Waals surface area contributed by atoms with Gasteiger partial charge in [0.05, 0.1) is 5.52 Å². The largest absolute Gasteiger partial charge is 0.370 e. The van der Waals surface area contributed by atoms with Crippen LogP contribution in [0.2, 0.25) is 0 Å². The van der Waals surface area contributed by atoms with Gasteiger partial charge < -0.3 is 9.67 Å². The maximum Gasteiger partial charge on any atom is 0.150 e. The van der Waals surface area contributed by atoms with Crippen molar-refractivity contribution in [3.05, 3.63) is 78.5 Å². The van der Waals surface area contributed by atoms with Crippen molar-refractivity contribution in [2.24, 2.45) is 0 Å². The van der Waals surface area contributed by atoms with E-state index in [4.69, 9.17) is 0 Å². The van der Waals surface area contributed by atoms with Crippen LogP contribution in [0.4, 0.5) is 0 Å². The number of aliphatic hydroxyl groups excluding tert-OH is 1. The Morgan fingerprint density at radius 2 is 1.63 bits per heavy atom. The highest BCUT2D eigenvalue weighted by Gasteiger charge is 2.05. The molecule has 0 aliphatic heterocycles. The Bertz CT molecular complexity index is 697. The van der Waals surface area contributed by atoms with E-state index in [1.807, 2.05) is 77.5 Å². The molecule has 0 bridgehead atoms. The number of aliphatic hydroxyl groups is 1. The fourth-order valence-corrected chi connectivity index (χ4v) is 2.19. The van der Waals surface area contributed by atoms with Crippen molar-refractivity contribution in [2.45, 2.75) is 6.23 Å². The van der Waals surface area contributed by atoms with Gasteiger partial charge in [0.15, 0.2) is 0 Å². The summed E-state index contributed by atoms with van der Waals surface area (Å²) in [6, 6.07) is 20.0. The standard InChI is InChI=1S/C17H15NO/c19-17(11-10-14-6-2-1-3-7-14)18-13-12-15-8-4-5-9-16(15)18/h1-13,17,19H/b11-10+. The molecule has 0 radical (unpaired) electrons. The summed E-state index contributed by atoms with van der Waals surface area (Å²) in [5.74, 6) is 0. The van der Waals surface area contributed by atoms with Crippen LogP contribution in [0.5, 0.6) is 0 Å². The Morgan fingerprint density at radius 1 is 0.895 bits per heavy atom. The summed E-state index contributed by atoms with van der Waals surface area (Å²) in [6.07, 6.45) is 4.98. The van der Waals surface area contributed by atoms with Crippen LogP contribution in [-0.4, -0.2) is 9.67 Å². The molecule has 0 aliphatic carbocycles. The summed E-state index contributed by atoms with van der Waals surface area (Å²) in [6.45, 7) is 0. The maximum absolute atomic E-state index is 10.2. The minimum Gasteiger partial charge on any atom is -0.370 e. The molecule has 1 unspecified atom stereocenters. The van der Waals surface area contributed by atoms with Crippen LogP contribution in [-0.2, 0) is 0 Å². The normalized spacial score (nSPS) is 13.1. The highest BCUT2D eigenvalue weighted by atomic mass is 16.3. The molecular weight excluding hydrogens is 234 g/mol. The summed E-state index contributed by atoms with van der Waals surface area (Å²) in [4.78, 5) is 0. The Balaban J connectivity index is 1.88. The minimum absolute atomic E-state index is 0.653. The van der Waals surface area contributed by atoms with Crippen LogP contribution in [0.25, 0.3) is 17.0 Å². The molecule has 0 saturated heterocycles. The van der Waals surface area contributed by atoms with Gasteiger partial charge in [-0.15, -0.1) is 0 Å². The number of hydrogen-bond acceptors (Lipinski definition) is 1. The zero-order valence-corrected chi connectivity index (χ0v) is 10.5. The Hall–Kier alpha value is -2.32. The number of rotatable bonds is 3. The van der Waals surface area contributed by atoms with Gasteiger partial charge >= 0.3 is 0 Å². The van der Waals surface area contributed by atoms with Crippen LogP contribution in [0, 0.1) is 0 Å². The van der Waals surface area contributed by atoms with E-state index in [9.17, 15) is 5.11 Å². The van der Waals surface area contributed by atoms with Gasteiger partial charge in [-0.2, -0.15) is 0 Å². The molecule has 3 rings (SSSR count). The van der Waals surface area contributed by atoms with E-state index in [0.29, 0.717) is 0 Å². The van der Waals surface area contributed by atoms with E-state index in [1.54, 1.807) is 6.08 Å². The third-order valence-electron chi connectivity index (χ3n) is 3.18. The van der Waals surface area contributed by atoms with Crippen molar-refractivity contribution >= 4 is 17.0 Å². The Kier molecular flexibility index (Phi) is 3.17. The van der Waals surface area contributed by atoms with Crippen molar-refractivity contribution < 1.29 is 5.11 Å². The lowest BCUT2D eigenvalue weighted by atomic mass is 10.2. The highest BCUT2D eigenvalue weighted by molar-refractivity contribution is 5.80. The number of nitrogens with zero attached hydrogens (tertiary/aromatic N) is 1. The van der Waals surface area contributed by atoms with Gasteiger partial charge in [0, 0.05) is 6.20 Å². The third kappa shape index (κ3) is 2.44. The van der Waals surface area contributed by atoms with E-state index in [-0.39, 0.29) is 0 Å². The first kappa shape index (κ1) is 11.8. The topological polar surface area (TPSA) is 25.2 Å². The average Bonchev–Trinajstić information content (AvgIpc) is 2.90. The van der Waals surface area contributed by atoms with Gasteiger partial charge in [-0.05, 0) is 29.2 Å². The first-order chi connectivity index (χ1) is 9.34. The lowest BCUT2D eigenvalue weighted by Crippen LogP contribution is -2.02. The molecule has 3 aromatic rings. The quantitative estimate of drug-likeness (QED) is 0.749. The maximum atomic E-state index is 10.2. The predicted molar refractivity (Wildman–Crippen MR) is 78.7 cm³/mol. The van der Waals surface area contributed by atoms with E-state index in [1.165, 1.54) is 0 Å². The molecule has 0 amide bonds. The number of aromatic nitrogens is 1. The van der Waals surface area contributed by atoms with Gasteiger partial charge in [0.1, 0.15) is 6.23 Å². The Morgan fingerprint density at radius 3 is 2.47 bits per heavy atom. The molecule has 94 valence electrons. The first-order valence-electron chi connectivity index (χ1n) is 6.31. The number of para-hydroxylation sites is 1. The van der Waals surface area contributed by atoms with E-state index < -0.39 is 6.23 Å². The van der Waals surface area contributed by atoms with Crippen LogP contribution in [0.1, 0.15) is 11.8 Å². The number of hydrogen-bond donors (Lipinski definition) is 1. The number of fused-ring (bicyclic) bond motifs is 1. The SMILES string of the molecule is OC(/C=C/c1ccccc1)n1ccc2ccccc21. The lowest BCUT2D eigenvalue weighted by molar-refractivity contribution is 0.160. The second kappa shape index (κ2) is 5.12. The van der Waals surface area contributed by atoms with Gasteiger partial charge in [-0.25, -0.2) is 0 Å². The van der Waals surface area contributed by atoms with Crippen LogP contribution >= 0.6 is 0 Å². The van der Waals surface area contributed by atoms with Crippen LogP contribution in [0.15, 0.2) is 72.9 Å². The molecular formula is C17H15NO. The second-order valence-electron chi connectivity index (χ2n) is 4.47. The summed E-state index contributed by atoms with van der Waals surface area (Å²) in [5.41, 5.74) is 2.12. The number of benzene rings is 2. The van der Waals surface area contributed by atoms with Crippen molar-refractivity contribution in [2.75, 3.05) is 0 Å². The molecule has 0 saturated carbocycles. The predicted octanol–water partition coefficient (Wildman–Crippen LogP) is 3.85. The van der Waals surface area contributed by atoms with E-state index in [2.05, 4.69) is 0 Å².